The lowest BCUT2D eigenvalue weighted by Gasteiger charge is -2.43. The molecule has 2 amide bonds. The molecule has 1 aromatic heterocycles. The molecule has 1 spiro atoms. The molecule has 0 N–H and O–H groups in total. The molecule has 2 aromatic rings. The lowest BCUT2D eigenvalue weighted by atomic mass is 9.75. The van der Waals surface area contributed by atoms with Crippen LogP contribution in [0.15, 0.2) is 52.4 Å². The molecule has 0 bridgehead atoms. The Hall–Kier alpha value is -4.05. The second-order valence-electron chi connectivity index (χ2n) is 10.5. The SMILES string of the molecule is C=N/C(C#N)=C(\C=C(/C)N1C(=O)C2(CCC2)N(c2ccc3cn(C4CCN(C(C)=O)CC4)nc3c2)C1=S)C(F)(F)F. The molecule has 3 aliphatic rings. The number of thiocarbonyl (C=S) groups is 1. The second kappa shape index (κ2) is 10.4. The van der Waals surface area contributed by atoms with Crippen molar-refractivity contribution in [2.24, 2.45) is 4.99 Å². The lowest BCUT2D eigenvalue weighted by molar-refractivity contribution is -0.132. The summed E-state index contributed by atoms with van der Waals surface area (Å²) in [6.45, 7) is 7.32. The minimum atomic E-state index is -4.89. The highest BCUT2D eigenvalue weighted by Gasteiger charge is 2.59. The van der Waals surface area contributed by atoms with Crippen molar-refractivity contribution in [3.05, 3.63) is 47.4 Å². The van der Waals surface area contributed by atoms with Crippen LogP contribution in [0.4, 0.5) is 18.9 Å². The zero-order valence-corrected chi connectivity index (χ0v) is 23.4. The number of aromatic nitrogens is 2. The van der Waals surface area contributed by atoms with Gasteiger partial charge in [0.05, 0.1) is 17.1 Å². The molecule has 214 valence electrons. The van der Waals surface area contributed by atoms with Gasteiger partial charge >= 0.3 is 6.18 Å². The molecule has 3 fully saturated rings. The van der Waals surface area contributed by atoms with E-state index in [1.807, 2.05) is 34.0 Å². The van der Waals surface area contributed by atoms with Gasteiger partial charge in [-0.2, -0.15) is 23.5 Å². The Morgan fingerprint density at radius 3 is 2.49 bits per heavy atom. The molecule has 41 heavy (non-hydrogen) atoms. The first-order chi connectivity index (χ1) is 19.4. The highest BCUT2D eigenvalue weighted by molar-refractivity contribution is 7.80. The molecule has 5 rings (SSSR count). The topological polar surface area (TPSA) is 97.8 Å². The van der Waals surface area contributed by atoms with Crippen molar-refractivity contribution in [1.82, 2.24) is 19.6 Å². The van der Waals surface area contributed by atoms with E-state index in [2.05, 4.69) is 11.7 Å². The van der Waals surface area contributed by atoms with Crippen molar-refractivity contribution in [3.63, 3.8) is 0 Å². The van der Waals surface area contributed by atoms with Crippen molar-refractivity contribution in [2.45, 2.75) is 63.7 Å². The first kappa shape index (κ1) is 28.5. The number of piperidine rings is 1. The summed E-state index contributed by atoms with van der Waals surface area (Å²) in [5, 5.41) is 14.9. The fraction of sp³-hybridized carbons (Fsp3) is 0.429. The average Bonchev–Trinajstić information content (AvgIpc) is 3.43. The fourth-order valence-corrected chi connectivity index (χ4v) is 6.33. The van der Waals surface area contributed by atoms with E-state index in [-0.39, 0.29) is 22.8 Å². The molecule has 2 saturated heterocycles. The molecule has 1 aliphatic carbocycles. The Balaban J connectivity index is 1.48. The normalized spacial score (nSPS) is 20.4. The van der Waals surface area contributed by atoms with Crippen LogP contribution < -0.4 is 4.90 Å². The number of rotatable bonds is 5. The molecule has 3 heterocycles. The number of carbonyl (C=O) groups is 2. The van der Waals surface area contributed by atoms with Crippen LogP contribution in [0.5, 0.6) is 0 Å². The van der Waals surface area contributed by atoms with E-state index >= 15 is 0 Å². The summed E-state index contributed by atoms with van der Waals surface area (Å²) >= 11 is 5.71. The molecule has 1 aromatic carbocycles. The Labute approximate surface area is 240 Å². The number of fused-ring (bicyclic) bond motifs is 1. The number of hydrogen-bond donors (Lipinski definition) is 0. The second-order valence-corrected chi connectivity index (χ2v) is 10.9. The van der Waals surface area contributed by atoms with Gasteiger partial charge in [0.2, 0.25) is 5.91 Å². The van der Waals surface area contributed by atoms with Gasteiger partial charge in [-0.25, -0.2) is 0 Å². The number of aliphatic imine (C=N–C) groups is 1. The maximum atomic E-state index is 13.8. The predicted molar refractivity (Wildman–Crippen MR) is 151 cm³/mol. The summed E-state index contributed by atoms with van der Waals surface area (Å²) in [6, 6.07) is 7.14. The predicted octanol–water partition coefficient (Wildman–Crippen LogP) is 5.02. The number of carbonyl (C=O) groups excluding carboxylic acids is 2. The summed E-state index contributed by atoms with van der Waals surface area (Å²) < 4.78 is 43.3. The summed E-state index contributed by atoms with van der Waals surface area (Å²) in [6.07, 6.45) is 1.13. The van der Waals surface area contributed by atoms with Crippen LogP contribution in [0, 0.1) is 11.3 Å². The van der Waals surface area contributed by atoms with Crippen molar-refractivity contribution in [1.29, 1.82) is 5.26 Å². The van der Waals surface area contributed by atoms with Crippen molar-refractivity contribution >= 4 is 52.5 Å². The van der Waals surface area contributed by atoms with Gasteiger partial charge < -0.3 is 9.80 Å². The molecule has 9 nitrogen and oxygen atoms in total. The zero-order chi connectivity index (χ0) is 29.7. The summed E-state index contributed by atoms with van der Waals surface area (Å²) in [5.74, 6) is -0.343. The van der Waals surface area contributed by atoms with Crippen LogP contribution in [-0.2, 0) is 9.59 Å². The Kier molecular flexibility index (Phi) is 7.23. The number of halogens is 3. The minimum absolute atomic E-state index is 0.0606. The molecule has 0 atom stereocenters. The van der Waals surface area contributed by atoms with Crippen LogP contribution in [0.1, 0.15) is 52.0 Å². The van der Waals surface area contributed by atoms with Gasteiger partial charge in [-0.1, -0.05) is 0 Å². The maximum absolute atomic E-state index is 13.8. The number of hydrogen-bond acceptors (Lipinski definition) is 6. The van der Waals surface area contributed by atoms with E-state index in [1.165, 1.54) is 13.0 Å². The average molecular weight is 584 g/mol. The van der Waals surface area contributed by atoms with E-state index in [0.29, 0.717) is 37.1 Å². The number of likely N-dealkylation sites (tertiary alicyclic amines) is 1. The molecule has 0 unspecified atom stereocenters. The van der Waals surface area contributed by atoms with Crippen LogP contribution in [-0.4, -0.2) is 68.0 Å². The van der Waals surface area contributed by atoms with Crippen molar-refractivity contribution in [2.75, 3.05) is 18.0 Å². The minimum Gasteiger partial charge on any atom is -0.343 e. The van der Waals surface area contributed by atoms with Crippen molar-refractivity contribution in [3.8, 4) is 6.07 Å². The molecule has 0 radical (unpaired) electrons. The highest BCUT2D eigenvalue weighted by atomic mass is 32.1. The first-order valence-corrected chi connectivity index (χ1v) is 13.6. The zero-order valence-electron chi connectivity index (χ0n) is 22.6. The number of allylic oxidation sites excluding steroid dienone is 4. The third-order valence-electron chi connectivity index (χ3n) is 8.17. The summed E-state index contributed by atoms with van der Waals surface area (Å²) in [4.78, 5) is 33.3. The van der Waals surface area contributed by atoms with E-state index in [9.17, 15) is 22.8 Å². The van der Waals surface area contributed by atoms with Gasteiger partial charge in [-0.05, 0) is 82.2 Å². The Morgan fingerprint density at radius 1 is 1.27 bits per heavy atom. The van der Waals surface area contributed by atoms with E-state index in [0.717, 1.165) is 35.6 Å². The smallest absolute Gasteiger partial charge is 0.343 e. The van der Waals surface area contributed by atoms with Gasteiger partial charge in [-0.3, -0.25) is 24.2 Å². The maximum Gasteiger partial charge on any atom is 0.419 e. The number of nitriles is 1. The standard InChI is InChI=1S/C28H28F3N7O2S/c1-17(13-22(28(29,30)31)24(15-32)33-3)37-25(40)27(9-4-10-27)38(26(37)41)21-6-5-19-16-36(34-23(19)14-21)20-7-11-35(12-8-20)18(2)39/h5-6,13-14,16,20H,3-4,7-12H2,1-2H3/b17-13+,24-22+. The monoisotopic (exact) mass is 583 g/mol. The third kappa shape index (κ3) is 4.80. The quantitative estimate of drug-likeness (QED) is 0.212. The van der Waals surface area contributed by atoms with Crippen LogP contribution in [0.25, 0.3) is 10.9 Å². The van der Waals surface area contributed by atoms with Gasteiger partial charge in [0, 0.05) is 43.0 Å². The molecular formula is C28H28F3N7O2S. The van der Waals surface area contributed by atoms with E-state index in [4.69, 9.17) is 22.6 Å². The van der Waals surface area contributed by atoms with Crippen LogP contribution in [0.3, 0.4) is 0 Å². The fourth-order valence-electron chi connectivity index (χ4n) is 5.83. The molecule has 2 aliphatic heterocycles. The highest BCUT2D eigenvalue weighted by Crippen LogP contribution is 2.48. The van der Waals surface area contributed by atoms with Gasteiger partial charge in [0.25, 0.3) is 5.91 Å². The van der Waals surface area contributed by atoms with E-state index < -0.39 is 28.9 Å². The largest absolute Gasteiger partial charge is 0.419 e. The Morgan fingerprint density at radius 2 is 1.95 bits per heavy atom. The van der Waals surface area contributed by atoms with Crippen LogP contribution >= 0.6 is 12.2 Å². The number of benzene rings is 1. The number of amides is 2. The number of nitrogens with zero attached hydrogens (tertiary/aromatic N) is 7. The molecule has 13 heteroatoms. The lowest BCUT2D eigenvalue weighted by Crippen LogP contribution is -2.55. The van der Waals surface area contributed by atoms with E-state index in [1.54, 1.807) is 11.8 Å². The summed E-state index contributed by atoms with van der Waals surface area (Å²) in [5.41, 5.74) is -1.94. The van der Waals surface area contributed by atoms with Gasteiger partial charge in [-0.15, -0.1) is 0 Å². The molecule has 1 saturated carbocycles. The van der Waals surface area contributed by atoms with Crippen LogP contribution in [0.2, 0.25) is 0 Å². The summed E-state index contributed by atoms with van der Waals surface area (Å²) in [7, 11) is 0. The number of anilines is 1. The first-order valence-electron chi connectivity index (χ1n) is 13.2. The van der Waals surface area contributed by atoms with Crippen molar-refractivity contribution < 1.29 is 22.8 Å². The number of alkyl halides is 3. The van der Waals surface area contributed by atoms with Gasteiger partial charge in [0.15, 0.2) is 10.8 Å². The Bertz CT molecular complexity index is 1560. The molecular weight excluding hydrogens is 555 g/mol. The van der Waals surface area contributed by atoms with Gasteiger partial charge in [0.1, 0.15) is 11.6 Å². The third-order valence-corrected chi connectivity index (χ3v) is 8.54.